The summed E-state index contributed by atoms with van der Waals surface area (Å²) in [5.41, 5.74) is 3.52. The first-order valence-electron chi connectivity index (χ1n) is 7.63. The lowest BCUT2D eigenvalue weighted by Crippen LogP contribution is -2.23. The Balaban J connectivity index is 1.83. The minimum absolute atomic E-state index is 0.0562. The van der Waals surface area contributed by atoms with E-state index in [2.05, 4.69) is 35.4 Å². The Morgan fingerprint density at radius 1 is 1.45 bits per heavy atom. The summed E-state index contributed by atoms with van der Waals surface area (Å²) in [6, 6.07) is 6.37. The molecular weight excluding hydrogens is 296 g/mol. The fraction of sp³-hybridized carbons (Fsp3) is 0.471. The van der Waals surface area contributed by atoms with Crippen LogP contribution in [0.25, 0.3) is 0 Å². The van der Waals surface area contributed by atoms with Crippen molar-refractivity contribution in [3.8, 4) is 5.75 Å². The van der Waals surface area contributed by atoms with E-state index in [-0.39, 0.29) is 6.10 Å². The zero-order valence-corrected chi connectivity index (χ0v) is 14.2. The molecule has 0 N–H and O–H groups in total. The van der Waals surface area contributed by atoms with E-state index in [0.717, 1.165) is 42.6 Å². The lowest BCUT2D eigenvalue weighted by atomic mass is 10.2. The van der Waals surface area contributed by atoms with E-state index in [0.29, 0.717) is 0 Å². The number of anilines is 1. The van der Waals surface area contributed by atoms with Gasteiger partial charge in [0.1, 0.15) is 16.9 Å². The standard InChI is InChI=1S/C17H22N2O2S/c1-12-5-6-16-15(9-12)19(7-4-8-21-16)10-14-11-22-17(18-14)13(2)20-3/h5-6,9,11,13H,4,7-8,10H2,1-3H3/t13-/m1/s1. The molecule has 1 atom stereocenters. The molecular formula is C17H22N2O2S. The Bertz CT molecular complexity index is 641. The zero-order valence-electron chi connectivity index (χ0n) is 13.3. The molecule has 0 saturated carbocycles. The third-order valence-electron chi connectivity index (χ3n) is 3.91. The number of aromatic nitrogens is 1. The van der Waals surface area contributed by atoms with Crippen LogP contribution in [0.2, 0.25) is 0 Å². The molecule has 1 aliphatic rings. The molecule has 0 amide bonds. The van der Waals surface area contributed by atoms with Crippen molar-refractivity contribution < 1.29 is 9.47 Å². The average Bonchev–Trinajstić information content (AvgIpc) is 2.90. The summed E-state index contributed by atoms with van der Waals surface area (Å²) in [5, 5.41) is 3.17. The molecule has 5 heteroatoms. The Kier molecular flexibility index (Phi) is 4.64. The molecule has 0 saturated heterocycles. The summed E-state index contributed by atoms with van der Waals surface area (Å²) in [5.74, 6) is 0.976. The van der Waals surface area contributed by atoms with Crippen molar-refractivity contribution in [2.24, 2.45) is 0 Å². The van der Waals surface area contributed by atoms with Crippen molar-refractivity contribution in [1.82, 2.24) is 4.98 Å². The highest BCUT2D eigenvalue weighted by Crippen LogP contribution is 2.33. The van der Waals surface area contributed by atoms with Gasteiger partial charge in [0.2, 0.25) is 0 Å². The number of hydrogen-bond donors (Lipinski definition) is 0. The second kappa shape index (κ2) is 6.67. The smallest absolute Gasteiger partial charge is 0.142 e. The SMILES string of the molecule is CO[C@H](C)c1nc(CN2CCCOc3ccc(C)cc32)cs1. The van der Waals surface area contributed by atoms with Gasteiger partial charge in [0.05, 0.1) is 24.5 Å². The summed E-state index contributed by atoms with van der Waals surface area (Å²) in [7, 11) is 1.72. The molecule has 0 bridgehead atoms. The molecule has 0 unspecified atom stereocenters. The number of thiazole rings is 1. The lowest BCUT2D eigenvalue weighted by molar-refractivity contribution is 0.119. The molecule has 2 heterocycles. The van der Waals surface area contributed by atoms with Crippen molar-refractivity contribution in [1.29, 1.82) is 0 Å². The maximum Gasteiger partial charge on any atom is 0.142 e. The number of aryl methyl sites for hydroxylation is 1. The maximum absolute atomic E-state index is 5.85. The number of rotatable bonds is 4. The van der Waals surface area contributed by atoms with Crippen molar-refractivity contribution in [2.45, 2.75) is 32.9 Å². The fourth-order valence-corrected chi connectivity index (χ4v) is 3.44. The summed E-state index contributed by atoms with van der Waals surface area (Å²) in [6.07, 6.45) is 1.08. The molecule has 0 aliphatic carbocycles. The first kappa shape index (κ1) is 15.3. The Labute approximate surface area is 135 Å². The normalized spacial score (nSPS) is 15.9. The van der Waals surface area contributed by atoms with Gasteiger partial charge in [0, 0.05) is 19.0 Å². The second-order valence-corrected chi connectivity index (χ2v) is 6.54. The molecule has 0 radical (unpaired) electrons. The average molecular weight is 318 g/mol. The van der Waals surface area contributed by atoms with E-state index in [4.69, 9.17) is 14.5 Å². The van der Waals surface area contributed by atoms with E-state index in [1.54, 1.807) is 18.4 Å². The van der Waals surface area contributed by atoms with Gasteiger partial charge in [-0.05, 0) is 38.0 Å². The van der Waals surface area contributed by atoms with Crippen LogP contribution in [0.4, 0.5) is 5.69 Å². The Morgan fingerprint density at radius 3 is 3.14 bits per heavy atom. The molecule has 1 aromatic heterocycles. The van der Waals surface area contributed by atoms with Gasteiger partial charge in [0.15, 0.2) is 0 Å². The predicted molar refractivity (Wildman–Crippen MR) is 89.9 cm³/mol. The van der Waals surface area contributed by atoms with E-state index < -0.39 is 0 Å². The van der Waals surface area contributed by atoms with Crippen LogP contribution in [-0.4, -0.2) is 25.2 Å². The minimum Gasteiger partial charge on any atom is -0.491 e. The Hall–Kier alpha value is -1.59. The topological polar surface area (TPSA) is 34.6 Å². The van der Waals surface area contributed by atoms with E-state index in [1.165, 1.54) is 11.3 Å². The first-order valence-corrected chi connectivity index (χ1v) is 8.51. The summed E-state index contributed by atoms with van der Waals surface area (Å²) in [6.45, 7) is 6.72. The number of ether oxygens (including phenoxy) is 2. The molecule has 4 nitrogen and oxygen atoms in total. The zero-order chi connectivity index (χ0) is 15.5. The van der Waals surface area contributed by atoms with Gasteiger partial charge in [-0.25, -0.2) is 4.98 Å². The molecule has 0 spiro atoms. The second-order valence-electron chi connectivity index (χ2n) is 5.65. The van der Waals surface area contributed by atoms with Crippen LogP contribution in [-0.2, 0) is 11.3 Å². The molecule has 1 aromatic carbocycles. The minimum atomic E-state index is 0.0562. The highest BCUT2D eigenvalue weighted by Gasteiger charge is 2.18. The van der Waals surface area contributed by atoms with Crippen LogP contribution in [0, 0.1) is 6.92 Å². The van der Waals surface area contributed by atoms with Crippen LogP contribution in [0.5, 0.6) is 5.75 Å². The Morgan fingerprint density at radius 2 is 2.32 bits per heavy atom. The van der Waals surface area contributed by atoms with Gasteiger partial charge in [0.25, 0.3) is 0 Å². The van der Waals surface area contributed by atoms with Crippen LogP contribution < -0.4 is 9.64 Å². The molecule has 3 rings (SSSR count). The molecule has 1 aliphatic heterocycles. The number of hydrogen-bond acceptors (Lipinski definition) is 5. The summed E-state index contributed by atoms with van der Waals surface area (Å²) >= 11 is 1.67. The van der Waals surface area contributed by atoms with Crippen LogP contribution in [0.15, 0.2) is 23.6 Å². The number of methoxy groups -OCH3 is 1. The van der Waals surface area contributed by atoms with Gasteiger partial charge in [-0.2, -0.15) is 0 Å². The van der Waals surface area contributed by atoms with Crippen molar-refractivity contribution in [3.05, 3.63) is 39.8 Å². The first-order chi connectivity index (χ1) is 10.7. The molecule has 2 aromatic rings. The van der Waals surface area contributed by atoms with Crippen LogP contribution >= 0.6 is 11.3 Å². The highest BCUT2D eigenvalue weighted by molar-refractivity contribution is 7.09. The summed E-state index contributed by atoms with van der Waals surface area (Å²) in [4.78, 5) is 7.08. The number of nitrogens with zero attached hydrogens (tertiary/aromatic N) is 2. The highest BCUT2D eigenvalue weighted by atomic mass is 32.1. The van der Waals surface area contributed by atoms with Gasteiger partial charge in [-0.15, -0.1) is 11.3 Å². The molecule has 118 valence electrons. The van der Waals surface area contributed by atoms with Gasteiger partial charge >= 0.3 is 0 Å². The van der Waals surface area contributed by atoms with Gasteiger partial charge < -0.3 is 14.4 Å². The van der Waals surface area contributed by atoms with Crippen LogP contribution in [0.3, 0.4) is 0 Å². The van der Waals surface area contributed by atoms with Gasteiger partial charge in [-0.1, -0.05) is 6.07 Å². The third kappa shape index (κ3) is 3.25. The third-order valence-corrected chi connectivity index (χ3v) is 4.96. The van der Waals surface area contributed by atoms with Crippen molar-refractivity contribution >= 4 is 17.0 Å². The van der Waals surface area contributed by atoms with Crippen molar-refractivity contribution in [3.63, 3.8) is 0 Å². The van der Waals surface area contributed by atoms with E-state index >= 15 is 0 Å². The quantitative estimate of drug-likeness (QED) is 0.855. The van der Waals surface area contributed by atoms with E-state index in [9.17, 15) is 0 Å². The van der Waals surface area contributed by atoms with Gasteiger partial charge in [-0.3, -0.25) is 0 Å². The number of fused-ring (bicyclic) bond motifs is 1. The van der Waals surface area contributed by atoms with Crippen LogP contribution in [0.1, 0.15) is 35.7 Å². The largest absolute Gasteiger partial charge is 0.491 e. The fourth-order valence-electron chi connectivity index (χ4n) is 2.60. The monoisotopic (exact) mass is 318 g/mol. The molecule has 0 fully saturated rings. The number of benzene rings is 1. The molecule has 22 heavy (non-hydrogen) atoms. The summed E-state index contributed by atoms with van der Waals surface area (Å²) < 4.78 is 11.2. The predicted octanol–water partition coefficient (Wildman–Crippen LogP) is 3.95. The maximum atomic E-state index is 5.85. The van der Waals surface area contributed by atoms with Crippen molar-refractivity contribution in [2.75, 3.05) is 25.2 Å². The lowest BCUT2D eigenvalue weighted by Gasteiger charge is -2.23. The van der Waals surface area contributed by atoms with E-state index in [1.807, 2.05) is 6.92 Å².